The van der Waals surface area contributed by atoms with Crippen molar-refractivity contribution in [3.05, 3.63) is 48.5 Å². The summed E-state index contributed by atoms with van der Waals surface area (Å²) < 4.78 is 5.42. The van der Waals surface area contributed by atoms with Crippen molar-refractivity contribution in [1.82, 2.24) is 24.8 Å². The number of aromatic nitrogens is 4. The average Bonchev–Trinajstić information content (AvgIpc) is 2.75. The molecular formula is C20H22N6O2S. The molecular weight excluding hydrogens is 388 g/mol. The molecule has 1 N–H and O–H groups in total. The van der Waals surface area contributed by atoms with E-state index in [0.29, 0.717) is 12.5 Å². The Balaban J connectivity index is 1.54. The molecule has 1 aliphatic rings. The minimum atomic E-state index is -0.367. The lowest BCUT2D eigenvalue weighted by molar-refractivity contribution is -0.115. The normalized spacial score (nSPS) is 15.9. The van der Waals surface area contributed by atoms with E-state index in [1.165, 1.54) is 11.8 Å². The molecule has 0 aliphatic carbocycles. The topological polar surface area (TPSA) is 93.1 Å². The number of anilines is 1. The van der Waals surface area contributed by atoms with Gasteiger partial charge in [-0.05, 0) is 19.1 Å². The van der Waals surface area contributed by atoms with Crippen molar-refractivity contribution in [3.8, 4) is 0 Å². The van der Waals surface area contributed by atoms with Gasteiger partial charge in [0.1, 0.15) is 10.9 Å². The monoisotopic (exact) mass is 410 g/mol. The van der Waals surface area contributed by atoms with Crippen LogP contribution in [0, 0.1) is 0 Å². The van der Waals surface area contributed by atoms with E-state index in [1.54, 1.807) is 18.5 Å². The van der Waals surface area contributed by atoms with Crippen LogP contribution in [0.25, 0.3) is 10.9 Å². The van der Waals surface area contributed by atoms with Gasteiger partial charge in [0.15, 0.2) is 0 Å². The minimum absolute atomic E-state index is 0.168. The first-order chi connectivity index (χ1) is 14.2. The fourth-order valence-electron chi connectivity index (χ4n) is 3.01. The molecule has 8 nitrogen and oxygen atoms in total. The second-order valence-electron chi connectivity index (χ2n) is 6.67. The van der Waals surface area contributed by atoms with E-state index in [0.717, 1.165) is 48.1 Å². The highest BCUT2D eigenvalue weighted by molar-refractivity contribution is 8.00. The second kappa shape index (κ2) is 9.25. The van der Waals surface area contributed by atoms with Crippen molar-refractivity contribution in [1.29, 1.82) is 0 Å². The maximum Gasteiger partial charge on any atom is 0.239 e. The molecule has 150 valence electrons. The minimum Gasteiger partial charge on any atom is -0.379 e. The van der Waals surface area contributed by atoms with E-state index in [1.807, 2.05) is 31.2 Å². The number of amides is 1. The van der Waals surface area contributed by atoms with Crippen LogP contribution in [0.5, 0.6) is 0 Å². The van der Waals surface area contributed by atoms with Gasteiger partial charge in [0.25, 0.3) is 0 Å². The van der Waals surface area contributed by atoms with Gasteiger partial charge in [-0.15, -0.1) is 0 Å². The molecule has 3 heterocycles. The first kappa shape index (κ1) is 19.7. The Hall–Kier alpha value is -2.62. The Kier molecular flexibility index (Phi) is 6.28. The lowest BCUT2D eigenvalue weighted by atomic mass is 10.2. The van der Waals surface area contributed by atoms with E-state index < -0.39 is 0 Å². The number of morpholine rings is 1. The van der Waals surface area contributed by atoms with E-state index in [2.05, 4.69) is 20.2 Å². The molecule has 1 unspecified atom stereocenters. The van der Waals surface area contributed by atoms with Gasteiger partial charge < -0.3 is 4.74 Å². The number of hydrogen-bond acceptors (Lipinski definition) is 8. The number of fused-ring (bicyclic) bond motifs is 1. The highest BCUT2D eigenvalue weighted by atomic mass is 32.2. The fourth-order valence-corrected chi connectivity index (χ4v) is 3.97. The van der Waals surface area contributed by atoms with Gasteiger partial charge in [-0.25, -0.2) is 19.9 Å². The molecule has 4 rings (SSSR count). The molecule has 0 saturated carbocycles. The summed E-state index contributed by atoms with van der Waals surface area (Å²) in [4.78, 5) is 32.5. The number of rotatable bonds is 6. The van der Waals surface area contributed by atoms with Crippen LogP contribution < -0.4 is 5.32 Å². The lowest BCUT2D eigenvalue weighted by Crippen LogP contribution is -2.36. The number of carbonyl (C=O) groups is 1. The molecule has 1 aromatic carbocycles. The van der Waals surface area contributed by atoms with Gasteiger partial charge in [-0.1, -0.05) is 30.0 Å². The van der Waals surface area contributed by atoms with Crippen LogP contribution >= 0.6 is 11.8 Å². The van der Waals surface area contributed by atoms with Crippen molar-refractivity contribution in [2.24, 2.45) is 0 Å². The van der Waals surface area contributed by atoms with Crippen molar-refractivity contribution in [3.63, 3.8) is 0 Å². The van der Waals surface area contributed by atoms with Gasteiger partial charge in [-0.3, -0.25) is 15.0 Å². The first-order valence-electron chi connectivity index (χ1n) is 9.49. The summed E-state index contributed by atoms with van der Waals surface area (Å²) in [6, 6.07) is 9.59. The number of nitrogens with one attached hydrogen (secondary N) is 1. The first-order valence-corrected chi connectivity index (χ1v) is 10.4. The number of hydrogen-bond donors (Lipinski definition) is 1. The summed E-state index contributed by atoms with van der Waals surface area (Å²) in [5, 5.41) is 4.12. The molecule has 1 fully saturated rings. The van der Waals surface area contributed by atoms with Crippen molar-refractivity contribution in [2.75, 3.05) is 31.6 Å². The Morgan fingerprint density at radius 1 is 1.17 bits per heavy atom. The quantitative estimate of drug-likeness (QED) is 0.489. The third-order valence-corrected chi connectivity index (χ3v) is 5.64. The number of ether oxygens (including phenoxy) is 1. The number of carbonyl (C=O) groups excluding carboxylic acids is 1. The second-order valence-corrected chi connectivity index (χ2v) is 8.00. The van der Waals surface area contributed by atoms with Crippen LogP contribution in [0.1, 0.15) is 12.7 Å². The molecule has 29 heavy (non-hydrogen) atoms. The zero-order valence-electron chi connectivity index (χ0n) is 16.1. The van der Waals surface area contributed by atoms with Crippen molar-refractivity contribution >= 4 is 34.5 Å². The number of para-hydroxylation sites is 1. The maximum atomic E-state index is 12.6. The highest BCUT2D eigenvalue weighted by Gasteiger charge is 2.20. The van der Waals surface area contributed by atoms with Crippen molar-refractivity contribution < 1.29 is 9.53 Å². The molecule has 0 bridgehead atoms. The standard InChI is InChI=1S/C20H22N6O2S/c1-14(18(27)25-20-21-7-4-8-22-20)29-19-15-5-2-3-6-16(15)23-17(24-19)13-26-9-11-28-12-10-26/h2-8,14H,9-13H2,1H3,(H,21,22,25,27). The van der Waals surface area contributed by atoms with E-state index in [4.69, 9.17) is 14.7 Å². The molecule has 1 amide bonds. The third kappa shape index (κ3) is 5.06. The van der Waals surface area contributed by atoms with Gasteiger partial charge in [0.2, 0.25) is 11.9 Å². The maximum absolute atomic E-state index is 12.6. The van der Waals surface area contributed by atoms with Crippen LogP contribution in [0.15, 0.2) is 47.8 Å². The predicted molar refractivity (Wildman–Crippen MR) is 112 cm³/mol. The Labute approximate surface area is 173 Å². The van der Waals surface area contributed by atoms with Crippen LogP contribution in [0.2, 0.25) is 0 Å². The van der Waals surface area contributed by atoms with E-state index in [9.17, 15) is 4.79 Å². The van der Waals surface area contributed by atoms with Gasteiger partial charge >= 0.3 is 0 Å². The lowest BCUT2D eigenvalue weighted by Gasteiger charge is -2.26. The molecule has 3 aromatic rings. The average molecular weight is 411 g/mol. The molecule has 1 atom stereocenters. The summed E-state index contributed by atoms with van der Waals surface area (Å²) >= 11 is 1.41. The fraction of sp³-hybridized carbons (Fsp3) is 0.350. The van der Waals surface area contributed by atoms with Crippen LogP contribution in [0.4, 0.5) is 5.95 Å². The van der Waals surface area contributed by atoms with Gasteiger partial charge in [0.05, 0.1) is 30.5 Å². The molecule has 1 saturated heterocycles. The van der Waals surface area contributed by atoms with Crippen LogP contribution in [0.3, 0.4) is 0 Å². The van der Waals surface area contributed by atoms with Gasteiger partial charge in [0, 0.05) is 30.9 Å². The molecule has 0 radical (unpaired) electrons. The number of nitrogens with zero attached hydrogens (tertiary/aromatic N) is 5. The SMILES string of the molecule is CC(Sc1nc(CN2CCOCC2)nc2ccccc12)C(=O)Nc1ncccn1. The summed E-state index contributed by atoms with van der Waals surface area (Å²) in [5.74, 6) is 0.885. The smallest absolute Gasteiger partial charge is 0.239 e. The highest BCUT2D eigenvalue weighted by Crippen LogP contribution is 2.29. The van der Waals surface area contributed by atoms with E-state index >= 15 is 0 Å². The predicted octanol–water partition coefficient (Wildman–Crippen LogP) is 2.37. The Morgan fingerprint density at radius 2 is 1.93 bits per heavy atom. The largest absolute Gasteiger partial charge is 0.379 e. The Bertz CT molecular complexity index is 981. The summed E-state index contributed by atoms with van der Waals surface area (Å²) in [6.07, 6.45) is 3.19. The molecule has 0 spiro atoms. The number of benzene rings is 1. The van der Waals surface area contributed by atoms with E-state index in [-0.39, 0.29) is 11.2 Å². The van der Waals surface area contributed by atoms with Crippen molar-refractivity contribution in [2.45, 2.75) is 23.7 Å². The zero-order valence-corrected chi connectivity index (χ0v) is 16.9. The zero-order chi connectivity index (χ0) is 20.1. The van der Waals surface area contributed by atoms with Crippen LogP contribution in [-0.2, 0) is 16.1 Å². The molecule has 1 aliphatic heterocycles. The summed E-state index contributed by atoms with van der Waals surface area (Å²) in [5.41, 5.74) is 0.882. The summed E-state index contributed by atoms with van der Waals surface area (Å²) in [7, 11) is 0. The van der Waals surface area contributed by atoms with Gasteiger partial charge in [-0.2, -0.15) is 0 Å². The molecule has 9 heteroatoms. The molecule has 2 aromatic heterocycles. The Morgan fingerprint density at radius 3 is 2.72 bits per heavy atom. The van der Waals surface area contributed by atoms with Crippen LogP contribution in [-0.4, -0.2) is 62.3 Å². The number of thioether (sulfide) groups is 1. The summed E-state index contributed by atoms with van der Waals surface area (Å²) in [6.45, 7) is 5.71. The third-order valence-electron chi connectivity index (χ3n) is 4.54.